The summed E-state index contributed by atoms with van der Waals surface area (Å²) in [6, 6.07) is 12.2. The molecule has 0 amide bonds. The van der Waals surface area contributed by atoms with Crippen LogP contribution in [0.5, 0.6) is 11.5 Å². The van der Waals surface area contributed by atoms with E-state index < -0.39 is 11.0 Å². The van der Waals surface area contributed by atoms with Gasteiger partial charge in [0.2, 0.25) is 0 Å². The number of hydrogen-bond acceptors (Lipinski definition) is 3. The average molecular weight is 388 g/mol. The molecule has 0 radical (unpaired) electrons. The second-order valence-electron chi connectivity index (χ2n) is 7.50. The maximum absolute atomic E-state index is 13.4. The van der Waals surface area contributed by atoms with Crippen LogP contribution >= 0.6 is 0 Å². The zero-order chi connectivity index (χ0) is 19.6. The molecule has 0 N–H and O–H groups in total. The first-order chi connectivity index (χ1) is 12.9. The van der Waals surface area contributed by atoms with Gasteiger partial charge in [0.05, 0.1) is 19.1 Å². The summed E-state index contributed by atoms with van der Waals surface area (Å²) < 4.78 is 26.5. The minimum Gasteiger partial charge on any atom is -0.493 e. The number of methoxy groups -OCH3 is 2. The summed E-state index contributed by atoms with van der Waals surface area (Å²) in [5.74, 6) is 1.98. The second kappa shape index (κ2) is 8.44. The summed E-state index contributed by atoms with van der Waals surface area (Å²) >= 11 is 0. The van der Waals surface area contributed by atoms with Crippen LogP contribution in [0, 0.1) is 12.8 Å². The number of hydrogen-bond donors (Lipinski definition) is 0. The molecule has 1 heterocycles. The summed E-state index contributed by atoms with van der Waals surface area (Å²) in [6.07, 6.45) is 1.79. The van der Waals surface area contributed by atoms with Crippen LogP contribution in [0.15, 0.2) is 41.3 Å². The van der Waals surface area contributed by atoms with E-state index in [9.17, 15) is 4.21 Å². The molecule has 5 heteroatoms. The Hall–Kier alpha value is -1.85. The van der Waals surface area contributed by atoms with E-state index in [-0.39, 0.29) is 6.04 Å². The van der Waals surface area contributed by atoms with Gasteiger partial charge in [-0.2, -0.15) is 0 Å². The van der Waals surface area contributed by atoms with Crippen LogP contribution in [-0.4, -0.2) is 29.3 Å². The summed E-state index contributed by atoms with van der Waals surface area (Å²) in [6.45, 7) is 7.23. The minimum absolute atomic E-state index is 0.0932. The van der Waals surface area contributed by atoms with E-state index in [1.54, 1.807) is 14.2 Å². The third kappa shape index (κ3) is 4.19. The zero-order valence-electron chi connectivity index (χ0n) is 16.8. The molecule has 4 nitrogen and oxygen atoms in total. The summed E-state index contributed by atoms with van der Waals surface area (Å²) in [5.41, 5.74) is 3.64. The Morgan fingerprint density at radius 2 is 1.74 bits per heavy atom. The quantitative estimate of drug-likeness (QED) is 0.722. The van der Waals surface area contributed by atoms with Gasteiger partial charge >= 0.3 is 0 Å². The molecule has 0 aromatic heterocycles. The van der Waals surface area contributed by atoms with Crippen LogP contribution in [0.4, 0.5) is 0 Å². The van der Waals surface area contributed by atoms with E-state index >= 15 is 0 Å². The lowest BCUT2D eigenvalue weighted by Crippen LogP contribution is -2.37. The van der Waals surface area contributed by atoms with Gasteiger partial charge in [0.1, 0.15) is 11.0 Å². The highest BCUT2D eigenvalue weighted by Gasteiger charge is 2.33. The van der Waals surface area contributed by atoms with Gasteiger partial charge in [0.25, 0.3) is 0 Å². The number of rotatable bonds is 6. The average Bonchev–Trinajstić information content (AvgIpc) is 2.66. The van der Waals surface area contributed by atoms with Crippen molar-refractivity contribution in [3.05, 3.63) is 53.1 Å². The molecule has 2 atom stereocenters. The predicted molar refractivity (Wildman–Crippen MR) is 110 cm³/mol. The van der Waals surface area contributed by atoms with Crippen LogP contribution in [0.25, 0.3) is 0 Å². The number of aryl methyl sites for hydroxylation is 1. The monoisotopic (exact) mass is 387 g/mol. The van der Waals surface area contributed by atoms with Crippen molar-refractivity contribution in [1.82, 2.24) is 4.31 Å². The third-order valence-electron chi connectivity index (χ3n) is 5.08. The van der Waals surface area contributed by atoms with Gasteiger partial charge in [-0.15, -0.1) is 0 Å². The Morgan fingerprint density at radius 1 is 1.11 bits per heavy atom. The lowest BCUT2D eigenvalue weighted by atomic mass is 9.89. The van der Waals surface area contributed by atoms with E-state index in [0.29, 0.717) is 5.92 Å². The number of fused-ring (bicyclic) bond motifs is 1. The van der Waals surface area contributed by atoms with Crippen LogP contribution in [0.2, 0.25) is 0 Å². The zero-order valence-corrected chi connectivity index (χ0v) is 17.6. The maximum atomic E-state index is 13.4. The Balaban J connectivity index is 2.01. The lowest BCUT2D eigenvalue weighted by molar-refractivity contribution is 0.279. The number of nitrogens with zero attached hydrogens (tertiary/aromatic N) is 1. The van der Waals surface area contributed by atoms with Gasteiger partial charge in [-0.1, -0.05) is 31.5 Å². The van der Waals surface area contributed by atoms with Crippen molar-refractivity contribution in [3.8, 4) is 11.5 Å². The Morgan fingerprint density at radius 3 is 2.33 bits per heavy atom. The van der Waals surface area contributed by atoms with Gasteiger partial charge in [0, 0.05) is 12.6 Å². The molecule has 2 aromatic rings. The fourth-order valence-corrected chi connectivity index (χ4v) is 5.01. The van der Waals surface area contributed by atoms with Crippen molar-refractivity contribution in [2.75, 3.05) is 20.8 Å². The first-order valence-corrected chi connectivity index (χ1v) is 10.5. The smallest absolute Gasteiger partial charge is 0.161 e. The van der Waals surface area contributed by atoms with Crippen LogP contribution in [0.3, 0.4) is 0 Å². The molecule has 0 saturated carbocycles. The van der Waals surface area contributed by atoms with Gasteiger partial charge in [-0.3, -0.25) is 0 Å². The molecule has 0 unspecified atom stereocenters. The SMILES string of the molecule is COc1cc2c(cc1OC)[C@@H](CC(C)C)N([S@](=O)c1ccc(C)cc1)CC2. The standard InChI is InChI=1S/C22H29NO3S/c1-15(2)12-20-19-14-22(26-5)21(25-4)13-17(19)10-11-23(20)27(24)18-8-6-16(3)7-9-18/h6-9,13-15,20H,10-12H2,1-5H3/t20-,27-/m1/s1. The summed E-state index contributed by atoms with van der Waals surface area (Å²) in [4.78, 5) is 0.860. The minimum atomic E-state index is -1.19. The lowest BCUT2D eigenvalue weighted by Gasteiger charge is -2.37. The molecule has 0 spiro atoms. The molecule has 0 aliphatic carbocycles. The van der Waals surface area contributed by atoms with Crippen molar-refractivity contribution in [2.24, 2.45) is 5.92 Å². The first kappa shape index (κ1) is 19.9. The Labute approximate surface area is 165 Å². The first-order valence-electron chi connectivity index (χ1n) is 9.44. The third-order valence-corrected chi connectivity index (χ3v) is 6.62. The van der Waals surface area contributed by atoms with Crippen LogP contribution in [-0.2, 0) is 17.4 Å². The van der Waals surface area contributed by atoms with Crippen LogP contribution < -0.4 is 9.47 Å². The largest absolute Gasteiger partial charge is 0.493 e. The van der Waals surface area contributed by atoms with Gasteiger partial charge in [-0.05, 0) is 61.1 Å². The van der Waals surface area contributed by atoms with Gasteiger partial charge in [0.15, 0.2) is 11.5 Å². The van der Waals surface area contributed by atoms with Crippen molar-refractivity contribution in [3.63, 3.8) is 0 Å². The van der Waals surface area contributed by atoms with E-state index in [1.165, 1.54) is 16.7 Å². The van der Waals surface area contributed by atoms with Crippen molar-refractivity contribution >= 4 is 11.0 Å². The fourth-order valence-electron chi connectivity index (χ4n) is 3.68. The predicted octanol–water partition coefficient (Wildman–Crippen LogP) is 4.68. The highest BCUT2D eigenvalue weighted by atomic mass is 32.2. The molecule has 1 aliphatic heterocycles. The fraction of sp³-hybridized carbons (Fsp3) is 0.455. The van der Waals surface area contributed by atoms with E-state index in [0.717, 1.165) is 35.8 Å². The molecular formula is C22H29NO3S. The number of benzene rings is 2. The van der Waals surface area contributed by atoms with E-state index in [2.05, 4.69) is 30.3 Å². The maximum Gasteiger partial charge on any atom is 0.161 e. The summed E-state index contributed by atoms with van der Waals surface area (Å²) in [7, 11) is 2.14. The van der Waals surface area contributed by atoms with Gasteiger partial charge in [-0.25, -0.2) is 8.51 Å². The molecule has 0 saturated heterocycles. The Kier molecular flexibility index (Phi) is 6.22. The molecule has 0 bridgehead atoms. The summed E-state index contributed by atoms with van der Waals surface area (Å²) in [5, 5.41) is 0. The van der Waals surface area contributed by atoms with E-state index in [4.69, 9.17) is 9.47 Å². The molecule has 0 fully saturated rings. The molecule has 3 rings (SSSR count). The van der Waals surface area contributed by atoms with Crippen LogP contribution in [0.1, 0.15) is 43.0 Å². The van der Waals surface area contributed by atoms with Crippen molar-refractivity contribution < 1.29 is 13.7 Å². The van der Waals surface area contributed by atoms with Gasteiger partial charge < -0.3 is 9.47 Å². The molecule has 1 aliphatic rings. The number of ether oxygens (including phenoxy) is 2. The van der Waals surface area contributed by atoms with Crippen molar-refractivity contribution in [1.29, 1.82) is 0 Å². The topological polar surface area (TPSA) is 38.8 Å². The molecule has 146 valence electrons. The highest BCUT2D eigenvalue weighted by molar-refractivity contribution is 7.82. The van der Waals surface area contributed by atoms with E-state index in [1.807, 2.05) is 31.2 Å². The normalized spacial score (nSPS) is 18.2. The second-order valence-corrected chi connectivity index (χ2v) is 8.94. The molecule has 2 aromatic carbocycles. The highest BCUT2D eigenvalue weighted by Crippen LogP contribution is 2.41. The van der Waals surface area contributed by atoms with Crippen molar-refractivity contribution in [2.45, 2.75) is 44.6 Å². The molecule has 27 heavy (non-hydrogen) atoms. The molecular weight excluding hydrogens is 358 g/mol. The Bertz CT molecular complexity index is 817.